The molecule has 2 aliphatic rings. The third-order valence-corrected chi connectivity index (χ3v) is 6.20. The fraction of sp³-hybridized carbons (Fsp3) is 0.609. The number of amides is 3. The van der Waals surface area contributed by atoms with Crippen LogP contribution in [0.2, 0.25) is 0 Å². The van der Waals surface area contributed by atoms with E-state index in [1.54, 1.807) is 4.90 Å². The summed E-state index contributed by atoms with van der Waals surface area (Å²) in [4.78, 5) is 32.1. The van der Waals surface area contributed by atoms with Crippen LogP contribution in [0.4, 0.5) is 4.79 Å². The molecule has 1 aromatic rings. The maximum Gasteiger partial charge on any atom is 0.314 e. The number of urea groups is 1. The Hall–Kier alpha value is -2.77. The number of benzene rings is 1. The lowest BCUT2D eigenvalue weighted by molar-refractivity contribution is -0.130. The van der Waals surface area contributed by atoms with E-state index in [2.05, 4.69) is 39.9 Å². The summed E-state index contributed by atoms with van der Waals surface area (Å²) in [5.41, 5.74) is 6.72. The molecule has 4 N–H and O–H groups in total. The minimum Gasteiger partial charge on any atom is -0.357 e. The van der Waals surface area contributed by atoms with Gasteiger partial charge in [-0.25, -0.2) is 9.79 Å². The summed E-state index contributed by atoms with van der Waals surface area (Å²) in [5.74, 6) is 1.38. The minimum absolute atomic E-state index is 0.0823. The Kier molecular flexibility index (Phi) is 8.55. The Morgan fingerprint density at radius 3 is 2.29 bits per heavy atom. The van der Waals surface area contributed by atoms with Gasteiger partial charge in [0.05, 0.1) is 0 Å². The Labute approximate surface area is 185 Å². The number of hydrogen-bond donors (Lipinski definition) is 3. The van der Waals surface area contributed by atoms with Gasteiger partial charge in [-0.1, -0.05) is 30.3 Å². The number of carbonyl (C=O) groups excluding carboxylic acids is 2. The second-order valence-corrected chi connectivity index (χ2v) is 8.45. The standard InChI is InChI=1S/C23H36N6O2/c1-2-25-23(27-20-10-14-29(15-11-20)22(24)31)26-17-21(30)28-12-8-19(9-13-28)16-18-6-4-3-5-7-18/h3-7,19-20H,2,8-17H2,1H3,(H2,24,31)(H2,25,26,27). The molecule has 8 nitrogen and oxygen atoms in total. The van der Waals surface area contributed by atoms with Gasteiger partial charge in [0.25, 0.3) is 0 Å². The predicted octanol–water partition coefficient (Wildman–Crippen LogP) is 1.57. The zero-order valence-corrected chi connectivity index (χ0v) is 18.6. The fourth-order valence-electron chi connectivity index (χ4n) is 4.34. The molecule has 8 heteroatoms. The Morgan fingerprint density at radius 1 is 1.03 bits per heavy atom. The Balaban J connectivity index is 1.43. The summed E-state index contributed by atoms with van der Waals surface area (Å²) in [5, 5.41) is 6.62. The van der Waals surface area contributed by atoms with Crippen molar-refractivity contribution in [3.63, 3.8) is 0 Å². The Morgan fingerprint density at radius 2 is 1.68 bits per heavy atom. The van der Waals surface area contributed by atoms with Crippen molar-refractivity contribution in [2.24, 2.45) is 16.6 Å². The van der Waals surface area contributed by atoms with Crippen molar-refractivity contribution in [1.29, 1.82) is 0 Å². The molecule has 0 bridgehead atoms. The number of nitrogens with two attached hydrogens (primary N) is 1. The molecule has 0 spiro atoms. The van der Waals surface area contributed by atoms with E-state index in [4.69, 9.17) is 5.73 Å². The van der Waals surface area contributed by atoms with E-state index in [0.717, 1.165) is 51.7 Å². The average Bonchev–Trinajstić information content (AvgIpc) is 2.79. The molecule has 0 atom stereocenters. The second kappa shape index (κ2) is 11.6. The van der Waals surface area contributed by atoms with E-state index in [1.165, 1.54) is 5.56 Å². The smallest absolute Gasteiger partial charge is 0.314 e. The van der Waals surface area contributed by atoms with Crippen LogP contribution in [0.15, 0.2) is 35.3 Å². The number of nitrogens with one attached hydrogen (secondary N) is 2. The molecule has 0 radical (unpaired) electrons. The largest absolute Gasteiger partial charge is 0.357 e. The highest BCUT2D eigenvalue weighted by Crippen LogP contribution is 2.21. The summed E-state index contributed by atoms with van der Waals surface area (Å²) in [6.07, 6.45) is 4.80. The van der Waals surface area contributed by atoms with E-state index in [-0.39, 0.29) is 24.5 Å². The highest BCUT2D eigenvalue weighted by atomic mass is 16.2. The number of hydrogen-bond acceptors (Lipinski definition) is 3. The van der Waals surface area contributed by atoms with Crippen LogP contribution in [-0.2, 0) is 11.2 Å². The van der Waals surface area contributed by atoms with Crippen LogP contribution in [-0.4, -0.2) is 73.0 Å². The number of likely N-dealkylation sites (tertiary alicyclic amines) is 2. The minimum atomic E-state index is -0.364. The van der Waals surface area contributed by atoms with E-state index in [0.29, 0.717) is 25.0 Å². The van der Waals surface area contributed by atoms with Crippen LogP contribution in [0.1, 0.15) is 38.2 Å². The van der Waals surface area contributed by atoms with Crippen molar-refractivity contribution in [2.45, 2.75) is 45.1 Å². The van der Waals surface area contributed by atoms with Gasteiger partial charge in [-0.05, 0) is 50.5 Å². The highest BCUT2D eigenvalue weighted by molar-refractivity contribution is 5.85. The van der Waals surface area contributed by atoms with Crippen molar-refractivity contribution in [2.75, 3.05) is 39.3 Å². The van der Waals surface area contributed by atoms with Crippen molar-refractivity contribution < 1.29 is 9.59 Å². The molecule has 2 aliphatic heterocycles. The van der Waals surface area contributed by atoms with Crippen LogP contribution < -0.4 is 16.4 Å². The zero-order chi connectivity index (χ0) is 22.1. The molecule has 170 valence electrons. The number of guanidine groups is 1. The molecule has 2 saturated heterocycles. The molecule has 0 saturated carbocycles. The molecule has 2 fully saturated rings. The third kappa shape index (κ3) is 7.15. The lowest BCUT2D eigenvalue weighted by atomic mass is 9.90. The fourth-order valence-corrected chi connectivity index (χ4v) is 4.34. The summed E-state index contributed by atoms with van der Waals surface area (Å²) in [7, 11) is 0. The van der Waals surface area contributed by atoms with Gasteiger partial charge in [0.15, 0.2) is 5.96 Å². The lowest BCUT2D eigenvalue weighted by Crippen LogP contribution is -2.51. The van der Waals surface area contributed by atoms with Gasteiger partial charge < -0.3 is 26.2 Å². The van der Waals surface area contributed by atoms with Crippen molar-refractivity contribution in [3.05, 3.63) is 35.9 Å². The monoisotopic (exact) mass is 428 g/mol. The van der Waals surface area contributed by atoms with Crippen LogP contribution in [0.25, 0.3) is 0 Å². The number of piperidine rings is 2. The van der Waals surface area contributed by atoms with Crippen molar-refractivity contribution >= 4 is 17.9 Å². The molecule has 0 unspecified atom stereocenters. The van der Waals surface area contributed by atoms with Crippen LogP contribution in [0.3, 0.4) is 0 Å². The molecule has 3 rings (SSSR count). The van der Waals surface area contributed by atoms with Crippen LogP contribution >= 0.6 is 0 Å². The molecule has 3 amide bonds. The molecule has 1 aromatic carbocycles. The first-order valence-electron chi connectivity index (χ1n) is 11.5. The molecular weight excluding hydrogens is 392 g/mol. The number of rotatable bonds is 6. The maximum atomic E-state index is 12.7. The first-order valence-corrected chi connectivity index (χ1v) is 11.5. The zero-order valence-electron chi connectivity index (χ0n) is 18.6. The van der Waals surface area contributed by atoms with E-state index in [1.807, 2.05) is 17.9 Å². The third-order valence-electron chi connectivity index (χ3n) is 6.20. The van der Waals surface area contributed by atoms with E-state index < -0.39 is 0 Å². The van der Waals surface area contributed by atoms with Gasteiger partial charge >= 0.3 is 6.03 Å². The Bertz CT molecular complexity index is 738. The summed E-state index contributed by atoms with van der Waals surface area (Å²) in [6, 6.07) is 10.4. The SMILES string of the molecule is CCNC(=NCC(=O)N1CCC(Cc2ccccc2)CC1)NC1CCN(C(N)=O)CC1. The first-order chi connectivity index (χ1) is 15.0. The van der Waals surface area contributed by atoms with Crippen LogP contribution in [0.5, 0.6) is 0 Å². The van der Waals surface area contributed by atoms with Gasteiger partial charge in [-0.3, -0.25) is 4.79 Å². The van der Waals surface area contributed by atoms with Crippen molar-refractivity contribution in [3.8, 4) is 0 Å². The predicted molar refractivity (Wildman–Crippen MR) is 123 cm³/mol. The van der Waals surface area contributed by atoms with Gasteiger partial charge in [-0.15, -0.1) is 0 Å². The van der Waals surface area contributed by atoms with E-state index >= 15 is 0 Å². The van der Waals surface area contributed by atoms with Crippen LogP contribution in [0, 0.1) is 5.92 Å². The van der Waals surface area contributed by atoms with Crippen molar-refractivity contribution in [1.82, 2.24) is 20.4 Å². The average molecular weight is 429 g/mol. The second-order valence-electron chi connectivity index (χ2n) is 8.45. The number of carbonyl (C=O) groups is 2. The molecule has 31 heavy (non-hydrogen) atoms. The van der Waals surface area contributed by atoms with Gasteiger partial charge in [0, 0.05) is 38.8 Å². The number of aliphatic imine (C=N–C) groups is 1. The van der Waals surface area contributed by atoms with Gasteiger partial charge in [0.1, 0.15) is 6.54 Å². The van der Waals surface area contributed by atoms with Gasteiger partial charge in [0.2, 0.25) is 5.91 Å². The molecular formula is C23H36N6O2. The topological polar surface area (TPSA) is 103 Å². The summed E-state index contributed by atoms with van der Waals surface area (Å²) >= 11 is 0. The quantitative estimate of drug-likeness (QED) is 0.473. The first kappa shape index (κ1) is 22.9. The van der Waals surface area contributed by atoms with E-state index in [9.17, 15) is 9.59 Å². The molecule has 0 aliphatic carbocycles. The summed E-state index contributed by atoms with van der Waals surface area (Å²) < 4.78 is 0. The summed E-state index contributed by atoms with van der Waals surface area (Å²) in [6.45, 7) is 5.78. The number of primary amides is 1. The normalized spacial score (nSPS) is 18.7. The maximum absolute atomic E-state index is 12.7. The van der Waals surface area contributed by atoms with Gasteiger partial charge in [-0.2, -0.15) is 0 Å². The molecule has 0 aromatic heterocycles. The number of nitrogens with zero attached hydrogens (tertiary/aromatic N) is 3. The molecule has 2 heterocycles. The highest BCUT2D eigenvalue weighted by Gasteiger charge is 2.24. The lowest BCUT2D eigenvalue weighted by Gasteiger charge is -2.32.